The Hall–Kier alpha value is -0.480. The summed E-state index contributed by atoms with van der Waals surface area (Å²) in [5, 5.41) is 0.0661. The quantitative estimate of drug-likeness (QED) is 0.598. The summed E-state index contributed by atoms with van der Waals surface area (Å²) in [5.74, 6) is -0.848. The molecule has 1 aromatic heterocycles. The highest BCUT2D eigenvalue weighted by molar-refractivity contribution is 9.09. The van der Waals surface area contributed by atoms with Gasteiger partial charge in [-0.15, -0.1) is 0 Å². The van der Waals surface area contributed by atoms with Crippen molar-refractivity contribution in [3.63, 3.8) is 0 Å². The number of nitrogens with zero attached hydrogens (tertiary/aromatic N) is 1. The minimum absolute atomic E-state index is 0.0886. The van der Waals surface area contributed by atoms with E-state index in [1.807, 2.05) is 0 Å². The van der Waals surface area contributed by atoms with E-state index in [2.05, 4.69) is 20.9 Å². The summed E-state index contributed by atoms with van der Waals surface area (Å²) in [6, 6.07) is 1.21. The van der Waals surface area contributed by atoms with Crippen LogP contribution in [0.25, 0.3) is 0 Å². The van der Waals surface area contributed by atoms with Crippen molar-refractivity contribution in [2.24, 2.45) is 0 Å². The number of hydrogen-bond donors (Lipinski definition) is 0. The fourth-order valence-electron chi connectivity index (χ4n) is 0.635. The zero-order chi connectivity index (χ0) is 9.14. The number of hydrogen-bond acceptors (Lipinski definition) is 2. The molecule has 5 heteroatoms. The first kappa shape index (κ1) is 9.61. The fourth-order valence-corrected chi connectivity index (χ4v) is 1.07. The van der Waals surface area contributed by atoms with Gasteiger partial charge in [0.15, 0.2) is 11.6 Å². The van der Waals surface area contributed by atoms with Crippen molar-refractivity contribution in [3.8, 4) is 0 Å². The Balaban J connectivity index is 3.05. The molecule has 0 radical (unpaired) electrons. The van der Waals surface area contributed by atoms with Gasteiger partial charge >= 0.3 is 0 Å². The van der Waals surface area contributed by atoms with Crippen LogP contribution in [-0.2, 0) is 0 Å². The lowest BCUT2D eigenvalue weighted by Crippen LogP contribution is -2.03. The number of pyridine rings is 1. The maximum atomic E-state index is 12.5. The van der Waals surface area contributed by atoms with Crippen molar-refractivity contribution in [3.05, 3.63) is 28.8 Å². The van der Waals surface area contributed by atoms with Crippen LogP contribution in [0.3, 0.4) is 0 Å². The second kappa shape index (κ2) is 3.96. The standard InChI is InChI=1S/C7H4BrClFNO/c8-2-7(12)6-1-4(9)5(10)3-11-6/h1,3H,2H2. The molecule has 1 aromatic rings. The first-order valence-electron chi connectivity index (χ1n) is 3.05. The highest BCUT2D eigenvalue weighted by Gasteiger charge is 2.08. The van der Waals surface area contributed by atoms with Gasteiger partial charge in [-0.3, -0.25) is 4.79 Å². The zero-order valence-corrected chi connectivity index (χ0v) is 8.19. The first-order valence-corrected chi connectivity index (χ1v) is 4.55. The molecule has 0 aliphatic carbocycles. The molecule has 2 nitrogen and oxygen atoms in total. The molecule has 0 aliphatic rings. The van der Waals surface area contributed by atoms with E-state index in [4.69, 9.17) is 11.6 Å². The lowest BCUT2D eigenvalue weighted by Gasteiger charge is -1.96. The minimum atomic E-state index is -0.622. The van der Waals surface area contributed by atoms with Crippen LogP contribution in [0.1, 0.15) is 10.5 Å². The number of carbonyl (C=O) groups is 1. The number of alkyl halides is 1. The van der Waals surface area contributed by atoms with Gasteiger partial charge in [0.05, 0.1) is 16.5 Å². The van der Waals surface area contributed by atoms with Crippen molar-refractivity contribution < 1.29 is 9.18 Å². The summed E-state index contributed by atoms with van der Waals surface area (Å²) < 4.78 is 12.5. The van der Waals surface area contributed by atoms with Gasteiger partial charge in [-0.25, -0.2) is 9.37 Å². The molecule has 0 aromatic carbocycles. The molecule has 0 amide bonds. The number of rotatable bonds is 2. The van der Waals surface area contributed by atoms with Crippen molar-refractivity contribution in [1.82, 2.24) is 4.98 Å². The molecule has 0 unspecified atom stereocenters. The van der Waals surface area contributed by atoms with E-state index in [0.717, 1.165) is 6.20 Å². The summed E-state index contributed by atoms with van der Waals surface area (Å²) >= 11 is 8.40. The van der Waals surface area contributed by atoms with Crippen LogP contribution >= 0.6 is 27.5 Å². The molecule has 0 saturated heterocycles. The van der Waals surface area contributed by atoms with Crippen LogP contribution < -0.4 is 0 Å². The average molecular weight is 252 g/mol. The number of aromatic nitrogens is 1. The smallest absolute Gasteiger partial charge is 0.191 e. The van der Waals surface area contributed by atoms with Gasteiger partial charge in [0.2, 0.25) is 0 Å². The Morgan fingerprint density at radius 3 is 2.92 bits per heavy atom. The molecule has 0 bridgehead atoms. The Morgan fingerprint density at radius 2 is 2.42 bits per heavy atom. The monoisotopic (exact) mass is 251 g/mol. The van der Waals surface area contributed by atoms with Crippen molar-refractivity contribution in [2.75, 3.05) is 5.33 Å². The Morgan fingerprint density at radius 1 is 1.75 bits per heavy atom. The van der Waals surface area contributed by atoms with Crippen molar-refractivity contribution in [2.45, 2.75) is 0 Å². The maximum absolute atomic E-state index is 12.5. The highest BCUT2D eigenvalue weighted by Crippen LogP contribution is 2.14. The molecule has 1 heterocycles. The van der Waals surface area contributed by atoms with Crippen LogP contribution in [0.5, 0.6) is 0 Å². The third-order valence-corrected chi connectivity index (χ3v) is 2.01. The van der Waals surface area contributed by atoms with E-state index in [1.165, 1.54) is 6.07 Å². The topological polar surface area (TPSA) is 30.0 Å². The molecule has 0 N–H and O–H groups in total. The first-order chi connectivity index (χ1) is 5.65. The summed E-state index contributed by atoms with van der Waals surface area (Å²) in [6.07, 6.45) is 0.929. The van der Waals surface area contributed by atoms with Gasteiger partial charge in [0.1, 0.15) is 5.69 Å². The van der Waals surface area contributed by atoms with E-state index in [-0.39, 0.29) is 21.8 Å². The summed E-state index contributed by atoms with van der Waals surface area (Å²) in [5.41, 5.74) is 0.165. The van der Waals surface area contributed by atoms with Crippen molar-refractivity contribution >= 4 is 33.3 Å². The summed E-state index contributed by atoms with van der Waals surface area (Å²) in [6.45, 7) is 0. The normalized spacial score (nSPS) is 9.92. The van der Waals surface area contributed by atoms with Crippen LogP contribution in [0, 0.1) is 5.82 Å². The molecular weight excluding hydrogens is 248 g/mol. The third-order valence-electron chi connectivity index (χ3n) is 1.22. The Labute approximate surface area is 81.9 Å². The number of halogens is 3. The van der Waals surface area contributed by atoms with E-state index in [9.17, 15) is 9.18 Å². The number of Topliss-reactive ketones (excluding diaryl/α,β-unsaturated/α-hetero) is 1. The van der Waals surface area contributed by atoms with E-state index < -0.39 is 5.82 Å². The Kier molecular flexibility index (Phi) is 3.17. The van der Waals surface area contributed by atoms with Crippen molar-refractivity contribution in [1.29, 1.82) is 0 Å². The predicted molar refractivity (Wildman–Crippen MR) is 47.3 cm³/mol. The largest absolute Gasteiger partial charge is 0.291 e. The van der Waals surface area contributed by atoms with Crippen LogP contribution in [0.4, 0.5) is 4.39 Å². The van der Waals surface area contributed by atoms with E-state index in [0.29, 0.717) is 0 Å². The lowest BCUT2D eigenvalue weighted by atomic mass is 10.3. The van der Waals surface area contributed by atoms with Crippen LogP contribution in [0.2, 0.25) is 5.02 Å². The molecule has 0 spiro atoms. The molecule has 0 fully saturated rings. The number of ketones is 1. The molecule has 0 atom stereocenters. The van der Waals surface area contributed by atoms with Gasteiger partial charge in [-0.2, -0.15) is 0 Å². The van der Waals surface area contributed by atoms with Crippen LogP contribution in [0.15, 0.2) is 12.3 Å². The van der Waals surface area contributed by atoms with Gasteiger partial charge in [-0.05, 0) is 6.07 Å². The Bertz CT molecular complexity index is 318. The van der Waals surface area contributed by atoms with Gasteiger partial charge in [0.25, 0.3) is 0 Å². The fraction of sp³-hybridized carbons (Fsp3) is 0.143. The molecule has 64 valence electrons. The summed E-state index contributed by atoms with van der Waals surface area (Å²) in [4.78, 5) is 14.6. The number of carbonyl (C=O) groups excluding carboxylic acids is 1. The average Bonchev–Trinajstić information content (AvgIpc) is 2.08. The second-order valence-corrected chi connectivity index (χ2v) is 3.01. The third kappa shape index (κ3) is 2.01. The lowest BCUT2D eigenvalue weighted by molar-refractivity contribution is 0.101. The molecular formula is C7H4BrClFNO. The zero-order valence-electron chi connectivity index (χ0n) is 5.85. The van der Waals surface area contributed by atoms with Gasteiger partial charge in [0, 0.05) is 0 Å². The van der Waals surface area contributed by atoms with E-state index in [1.54, 1.807) is 0 Å². The second-order valence-electron chi connectivity index (χ2n) is 2.04. The molecule has 0 aliphatic heterocycles. The predicted octanol–water partition coefficient (Wildman–Crippen LogP) is 2.45. The SMILES string of the molecule is O=C(CBr)c1cc(Cl)c(F)cn1. The molecule has 1 rings (SSSR count). The highest BCUT2D eigenvalue weighted by atomic mass is 79.9. The molecule has 0 saturated carbocycles. The maximum Gasteiger partial charge on any atom is 0.191 e. The van der Waals surface area contributed by atoms with Gasteiger partial charge < -0.3 is 0 Å². The van der Waals surface area contributed by atoms with E-state index >= 15 is 0 Å². The van der Waals surface area contributed by atoms with Crippen LogP contribution in [-0.4, -0.2) is 16.1 Å². The minimum Gasteiger partial charge on any atom is -0.291 e. The molecule has 12 heavy (non-hydrogen) atoms. The van der Waals surface area contributed by atoms with Gasteiger partial charge in [-0.1, -0.05) is 27.5 Å². The summed E-state index contributed by atoms with van der Waals surface area (Å²) in [7, 11) is 0.